The van der Waals surface area contributed by atoms with Crippen molar-refractivity contribution in [2.75, 3.05) is 20.2 Å². The highest BCUT2D eigenvalue weighted by Gasteiger charge is 2.26. The van der Waals surface area contributed by atoms with Crippen LogP contribution in [0.4, 0.5) is 0 Å². The van der Waals surface area contributed by atoms with Crippen molar-refractivity contribution in [1.82, 2.24) is 4.31 Å². The van der Waals surface area contributed by atoms with Crippen LogP contribution in [0.1, 0.15) is 12.5 Å². The van der Waals surface area contributed by atoms with E-state index in [1.54, 1.807) is 25.1 Å². The average molecular weight is 282 g/mol. The highest BCUT2D eigenvalue weighted by Crippen LogP contribution is 2.20. The number of aliphatic hydroxyl groups is 1. The van der Waals surface area contributed by atoms with Crippen LogP contribution in [0.3, 0.4) is 0 Å². The van der Waals surface area contributed by atoms with Crippen molar-refractivity contribution in [3.63, 3.8) is 0 Å². The number of benzene rings is 1. The second kappa shape index (κ2) is 6.68. The van der Waals surface area contributed by atoms with Gasteiger partial charge < -0.3 is 10.8 Å². The van der Waals surface area contributed by atoms with Crippen LogP contribution in [0, 0.1) is 11.8 Å². The summed E-state index contributed by atoms with van der Waals surface area (Å²) in [6.07, 6.45) is 0. The van der Waals surface area contributed by atoms with E-state index in [9.17, 15) is 8.42 Å². The van der Waals surface area contributed by atoms with Gasteiger partial charge in [0.1, 0.15) is 0 Å². The van der Waals surface area contributed by atoms with Crippen LogP contribution in [-0.2, 0) is 10.0 Å². The van der Waals surface area contributed by atoms with Crippen LogP contribution in [-0.4, -0.2) is 44.1 Å². The molecule has 0 amide bonds. The van der Waals surface area contributed by atoms with Crippen molar-refractivity contribution < 1.29 is 13.5 Å². The largest absolute Gasteiger partial charge is 0.395 e. The third-order valence-corrected chi connectivity index (χ3v) is 4.78. The zero-order valence-corrected chi connectivity index (χ0v) is 11.8. The molecule has 1 aromatic rings. The molecule has 0 saturated heterocycles. The Kier molecular flexibility index (Phi) is 5.51. The Balaban J connectivity index is 3.29. The Bertz CT molecular complexity index is 587. The number of sulfonamides is 1. The van der Waals surface area contributed by atoms with Crippen molar-refractivity contribution in [1.29, 1.82) is 0 Å². The first-order chi connectivity index (χ1) is 8.95. The van der Waals surface area contributed by atoms with E-state index in [0.29, 0.717) is 5.56 Å². The van der Waals surface area contributed by atoms with Gasteiger partial charge in [-0.3, -0.25) is 0 Å². The molecule has 0 aliphatic rings. The molecule has 6 heteroatoms. The summed E-state index contributed by atoms with van der Waals surface area (Å²) in [6.45, 7) is 1.55. The van der Waals surface area contributed by atoms with Gasteiger partial charge in [0.15, 0.2) is 0 Å². The minimum absolute atomic E-state index is 0.124. The molecule has 0 aliphatic heterocycles. The van der Waals surface area contributed by atoms with Gasteiger partial charge in [0.25, 0.3) is 0 Å². The molecule has 1 atom stereocenters. The number of hydrogen-bond acceptors (Lipinski definition) is 4. The van der Waals surface area contributed by atoms with Crippen LogP contribution < -0.4 is 5.73 Å². The quantitative estimate of drug-likeness (QED) is 0.761. The highest BCUT2D eigenvalue weighted by atomic mass is 32.2. The summed E-state index contributed by atoms with van der Waals surface area (Å²) < 4.78 is 26.0. The molecular formula is C13H18N2O3S. The van der Waals surface area contributed by atoms with E-state index in [1.165, 1.54) is 13.1 Å². The predicted molar refractivity (Wildman–Crippen MR) is 73.9 cm³/mol. The summed E-state index contributed by atoms with van der Waals surface area (Å²) in [5.74, 6) is 5.39. The van der Waals surface area contributed by atoms with Crippen LogP contribution in [0.5, 0.6) is 0 Å². The first-order valence-corrected chi connectivity index (χ1v) is 7.26. The smallest absolute Gasteiger partial charge is 0.244 e. The SMILES string of the molecule is CC(CO)N(C)S(=O)(=O)c1ccccc1C#CCN. The van der Waals surface area contributed by atoms with Gasteiger partial charge in [-0.05, 0) is 19.1 Å². The first kappa shape index (κ1) is 15.7. The molecule has 1 aromatic carbocycles. The fourth-order valence-electron chi connectivity index (χ4n) is 1.45. The number of likely N-dealkylation sites (N-methyl/N-ethyl adjacent to an activating group) is 1. The second-order valence-electron chi connectivity index (χ2n) is 4.05. The summed E-state index contributed by atoms with van der Waals surface area (Å²) in [5.41, 5.74) is 5.71. The number of nitrogens with zero attached hydrogens (tertiary/aromatic N) is 1. The van der Waals surface area contributed by atoms with Crippen molar-refractivity contribution in [3.8, 4) is 11.8 Å². The van der Waals surface area contributed by atoms with E-state index in [4.69, 9.17) is 10.8 Å². The number of aliphatic hydroxyl groups excluding tert-OH is 1. The van der Waals surface area contributed by atoms with Gasteiger partial charge in [-0.25, -0.2) is 8.42 Å². The maximum atomic E-state index is 12.4. The van der Waals surface area contributed by atoms with E-state index in [2.05, 4.69) is 11.8 Å². The molecule has 0 spiro atoms. The Morgan fingerprint density at radius 1 is 1.42 bits per heavy atom. The van der Waals surface area contributed by atoms with E-state index >= 15 is 0 Å². The minimum Gasteiger partial charge on any atom is -0.395 e. The number of rotatable bonds is 4. The third kappa shape index (κ3) is 3.55. The molecule has 0 aromatic heterocycles. The maximum absolute atomic E-state index is 12.4. The van der Waals surface area contributed by atoms with Gasteiger partial charge >= 0.3 is 0 Å². The zero-order valence-electron chi connectivity index (χ0n) is 11.0. The zero-order chi connectivity index (χ0) is 14.5. The fourth-order valence-corrected chi connectivity index (χ4v) is 2.95. The van der Waals surface area contributed by atoms with E-state index in [1.807, 2.05) is 0 Å². The fraction of sp³-hybridized carbons (Fsp3) is 0.385. The molecule has 104 valence electrons. The molecule has 3 N–H and O–H groups in total. The lowest BCUT2D eigenvalue weighted by molar-refractivity contribution is 0.214. The van der Waals surface area contributed by atoms with E-state index in [0.717, 1.165) is 4.31 Å². The number of hydrogen-bond donors (Lipinski definition) is 2. The van der Waals surface area contributed by atoms with Crippen LogP contribution >= 0.6 is 0 Å². The Morgan fingerprint density at radius 3 is 2.63 bits per heavy atom. The highest BCUT2D eigenvalue weighted by molar-refractivity contribution is 7.89. The van der Waals surface area contributed by atoms with Gasteiger partial charge in [-0.2, -0.15) is 4.31 Å². The van der Waals surface area contributed by atoms with Crippen molar-refractivity contribution >= 4 is 10.0 Å². The summed E-state index contributed by atoms with van der Waals surface area (Å²) in [7, 11) is -2.25. The number of nitrogens with two attached hydrogens (primary N) is 1. The van der Waals surface area contributed by atoms with Gasteiger partial charge in [-0.15, -0.1) is 0 Å². The molecule has 0 aliphatic carbocycles. The Hall–Kier alpha value is -1.39. The van der Waals surface area contributed by atoms with Crippen molar-refractivity contribution in [2.24, 2.45) is 5.73 Å². The molecule has 0 radical (unpaired) electrons. The van der Waals surface area contributed by atoms with E-state index < -0.39 is 16.1 Å². The third-order valence-electron chi connectivity index (χ3n) is 2.75. The molecule has 0 bridgehead atoms. The van der Waals surface area contributed by atoms with Gasteiger partial charge in [-0.1, -0.05) is 24.0 Å². The van der Waals surface area contributed by atoms with Crippen molar-refractivity contribution in [2.45, 2.75) is 17.9 Å². The van der Waals surface area contributed by atoms with Crippen LogP contribution in [0.2, 0.25) is 0 Å². The molecule has 0 heterocycles. The summed E-state index contributed by atoms with van der Waals surface area (Å²) in [5, 5.41) is 9.08. The molecule has 0 fully saturated rings. The van der Waals surface area contributed by atoms with Crippen molar-refractivity contribution in [3.05, 3.63) is 29.8 Å². The molecule has 5 nitrogen and oxygen atoms in total. The molecule has 1 unspecified atom stereocenters. The first-order valence-electron chi connectivity index (χ1n) is 5.82. The van der Waals surface area contributed by atoms with Crippen LogP contribution in [0.25, 0.3) is 0 Å². The van der Waals surface area contributed by atoms with Gasteiger partial charge in [0.05, 0.1) is 18.0 Å². The van der Waals surface area contributed by atoms with Gasteiger partial charge in [0.2, 0.25) is 10.0 Å². The van der Waals surface area contributed by atoms with E-state index in [-0.39, 0.29) is 18.0 Å². The minimum atomic E-state index is -3.68. The molecular weight excluding hydrogens is 264 g/mol. The molecule has 0 saturated carbocycles. The maximum Gasteiger partial charge on any atom is 0.244 e. The monoisotopic (exact) mass is 282 g/mol. The normalized spacial score (nSPS) is 12.9. The molecule has 1 rings (SSSR count). The Labute approximate surface area is 114 Å². The van der Waals surface area contributed by atoms with Gasteiger partial charge in [0, 0.05) is 18.7 Å². The average Bonchev–Trinajstić information content (AvgIpc) is 2.43. The lowest BCUT2D eigenvalue weighted by Crippen LogP contribution is -2.37. The lowest BCUT2D eigenvalue weighted by atomic mass is 10.2. The van der Waals surface area contributed by atoms with Crippen LogP contribution in [0.15, 0.2) is 29.2 Å². The lowest BCUT2D eigenvalue weighted by Gasteiger charge is -2.23. The second-order valence-corrected chi connectivity index (χ2v) is 6.02. The molecule has 19 heavy (non-hydrogen) atoms. The standard InChI is InChI=1S/C13H18N2O3S/c1-11(10-16)15(2)19(17,18)13-8-4-3-6-12(13)7-5-9-14/h3-4,6,8,11,16H,9-10,14H2,1-2H3. The summed E-state index contributed by atoms with van der Waals surface area (Å²) in [6, 6.07) is 5.98. The summed E-state index contributed by atoms with van der Waals surface area (Å²) in [4.78, 5) is 0.124. The Morgan fingerprint density at radius 2 is 2.05 bits per heavy atom. The topological polar surface area (TPSA) is 83.6 Å². The predicted octanol–water partition coefficient (Wildman–Crippen LogP) is -0.00190. The summed E-state index contributed by atoms with van der Waals surface area (Å²) >= 11 is 0.